The van der Waals surface area contributed by atoms with Crippen LogP contribution in [-0.4, -0.2) is 23.6 Å². The lowest BCUT2D eigenvalue weighted by Gasteiger charge is -2.08. The van der Waals surface area contributed by atoms with E-state index in [2.05, 4.69) is 10.5 Å². The van der Waals surface area contributed by atoms with Crippen molar-refractivity contribution in [1.82, 2.24) is 0 Å². The van der Waals surface area contributed by atoms with Crippen LogP contribution in [0.15, 0.2) is 40.9 Å². The lowest BCUT2D eigenvalue weighted by atomic mass is 10.3. The first-order chi connectivity index (χ1) is 10.1. The van der Waals surface area contributed by atoms with Gasteiger partial charge in [0, 0.05) is 11.8 Å². The molecule has 0 fully saturated rings. The van der Waals surface area contributed by atoms with Gasteiger partial charge in [0.25, 0.3) is 5.91 Å². The zero-order chi connectivity index (χ0) is 15.2. The van der Waals surface area contributed by atoms with Gasteiger partial charge in [0.2, 0.25) is 0 Å². The SMILES string of the molecule is N/C(COc1cccc(NC(=O)c2sccc2Cl)c1)=N/O. The molecule has 0 aliphatic carbocycles. The zero-order valence-corrected chi connectivity index (χ0v) is 12.3. The Hall–Kier alpha value is -2.25. The number of hydrogen-bond donors (Lipinski definition) is 3. The first kappa shape index (κ1) is 15.1. The number of amides is 1. The highest BCUT2D eigenvalue weighted by molar-refractivity contribution is 7.12. The van der Waals surface area contributed by atoms with E-state index in [1.807, 2.05) is 0 Å². The highest BCUT2D eigenvalue weighted by Crippen LogP contribution is 2.24. The number of rotatable bonds is 5. The molecule has 110 valence electrons. The van der Waals surface area contributed by atoms with Crippen molar-refractivity contribution in [2.24, 2.45) is 10.9 Å². The molecule has 0 saturated heterocycles. The van der Waals surface area contributed by atoms with E-state index in [0.29, 0.717) is 21.3 Å². The highest BCUT2D eigenvalue weighted by Gasteiger charge is 2.12. The van der Waals surface area contributed by atoms with Crippen LogP contribution in [0.5, 0.6) is 5.75 Å². The summed E-state index contributed by atoms with van der Waals surface area (Å²) in [5, 5.41) is 16.1. The van der Waals surface area contributed by atoms with E-state index in [1.165, 1.54) is 11.3 Å². The summed E-state index contributed by atoms with van der Waals surface area (Å²) < 4.78 is 5.30. The third kappa shape index (κ3) is 4.11. The first-order valence-corrected chi connectivity index (χ1v) is 7.09. The second-order valence-corrected chi connectivity index (χ2v) is 5.28. The Bertz CT molecular complexity index is 672. The Labute approximate surface area is 129 Å². The minimum Gasteiger partial charge on any atom is -0.485 e. The third-order valence-corrected chi connectivity index (χ3v) is 3.77. The van der Waals surface area contributed by atoms with Gasteiger partial charge >= 0.3 is 0 Å². The van der Waals surface area contributed by atoms with Crippen molar-refractivity contribution in [3.63, 3.8) is 0 Å². The number of hydrogen-bond acceptors (Lipinski definition) is 5. The molecule has 0 spiro atoms. The molecular formula is C13H12ClN3O3S. The molecule has 21 heavy (non-hydrogen) atoms. The van der Waals surface area contributed by atoms with E-state index in [9.17, 15) is 4.79 Å². The predicted molar refractivity (Wildman–Crippen MR) is 82.6 cm³/mol. The number of nitrogens with two attached hydrogens (primary N) is 1. The van der Waals surface area contributed by atoms with Gasteiger partial charge in [0.05, 0.1) is 5.02 Å². The first-order valence-electron chi connectivity index (χ1n) is 5.83. The number of thiophene rings is 1. The van der Waals surface area contributed by atoms with E-state index >= 15 is 0 Å². The summed E-state index contributed by atoms with van der Waals surface area (Å²) in [6.45, 7) is -0.0509. The number of nitrogens with one attached hydrogen (secondary N) is 1. The van der Waals surface area contributed by atoms with E-state index in [-0.39, 0.29) is 18.3 Å². The molecule has 0 unspecified atom stereocenters. The fraction of sp³-hybridized carbons (Fsp3) is 0.0769. The molecular weight excluding hydrogens is 314 g/mol. The monoisotopic (exact) mass is 325 g/mol. The van der Waals surface area contributed by atoms with Crippen molar-refractivity contribution >= 4 is 40.4 Å². The van der Waals surface area contributed by atoms with Crippen LogP contribution in [0.1, 0.15) is 9.67 Å². The number of oxime groups is 1. The molecule has 2 aromatic rings. The topological polar surface area (TPSA) is 96.9 Å². The van der Waals surface area contributed by atoms with Crippen LogP contribution in [-0.2, 0) is 0 Å². The molecule has 1 aromatic carbocycles. The van der Waals surface area contributed by atoms with Crippen LogP contribution >= 0.6 is 22.9 Å². The standard InChI is InChI=1S/C13H12ClN3O3S/c14-10-4-5-21-12(10)13(18)16-8-2-1-3-9(6-8)20-7-11(15)17-19/h1-6,19H,7H2,(H2,15,17)(H,16,18). The second kappa shape index (κ2) is 6.96. The Kier molecular flexibility index (Phi) is 5.02. The normalized spacial score (nSPS) is 11.2. The molecule has 0 bridgehead atoms. The van der Waals surface area contributed by atoms with Gasteiger partial charge in [-0.05, 0) is 23.6 Å². The van der Waals surface area contributed by atoms with Crippen LogP contribution < -0.4 is 15.8 Å². The number of halogens is 1. The molecule has 0 aliphatic heterocycles. The average molecular weight is 326 g/mol. The largest absolute Gasteiger partial charge is 0.485 e. The van der Waals surface area contributed by atoms with Crippen molar-refractivity contribution in [3.05, 3.63) is 45.6 Å². The maximum absolute atomic E-state index is 12.0. The minimum atomic E-state index is -0.288. The minimum absolute atomic E-state index is 0.0465. The van der Waals surface area contributed by atoms with Crippen molar-refractivity contribution in [2.75, 3.05) is 11.9 Å². The summed E-state index contributed by atoms with van der Waals surface area (Å²) in [7, 11) is 0. The van der Waals surface area contributed by atoms with Crippen molar-refractivity contribution in [3.8, 4) is 5.75 Å². The fourth-order valence-electron chi connectivity index (χ4n) is 1.49. The zero-order valence-electron chi connectivity index (χ0n) is 10.7. The quantitative estimate of drug-likeness (QED) is 0.341. The average Bonchev–Trinajstić information content (AvgIpc) is 2.91. The molecule has 6 nitrogen and oxygen atoms in total. The summed E-state index contributed by atoms with van der Waals surface area (Å²) in [4.78, 5) is 12.5. The van der Waals surface area contributed by atoms with Crippen LogP contribution in [0.3, 0.4) is 0 Å². The number of benzene rings is 1. The summed E-state index contributed by atoms with van der Waals surface area (Å²) in [5.74, 6) is 0.148. The molecule has 0 atom stereocenters. The number of nitrogens with zero attached hydrogens (tertiary/aromatic N) is 1. The molecule has 1 heterocycles. The van der Waals surface area contributed by atoms with Gasteiger partial charge in [-0.25, -0.2) is 0 Å². The van der Waals surface area contributed by atoms with Crippen molar-refractivity contribution < 1.29 is 14.7 Å². The van der Waals surface area contributed by atoms with Gasteiger partial charge < -0.3 is 21.0 Å². The number of carbonyl (C=O) groups is 1. The Balaban J connectivity index is 2.04. The lowest BCUT2D eigenvalue weighted by molar-refractivity contribution is 0.103. The molecule has 0 saturated carbocycles. The van der Waals surface area contributed by atoms with Gasteiger partial charge in [-0.2, -0.15) is 0 Å². The third-order valence-electron chi connectivity index (χ3n) is 2.43. The van der Waals surface area contributed by atoms with Gasteiger partial charge in [-0.15, -0.1) is 11.3 Å². The van der Waals surface area contributed by atoms with Gasteiger partial charge in [-0.3, -0.25) is 4.79 Å². The summed E-state index contributed by atoms with van der Waals surface area (Å²) >= 11 is 7.17. The molecule has 0 aliphatic rings. The second-order valence-electron chi connectivity index (χ2n) is 3.96. The van der Waals surface area contributed by atoms with Crippen LogP contribution in [0.4, 0.5) is 5.69 Å². The van der Waals surface area contributed by atoms with Crippen LogP contribution in [0.2, 0.25) is 5.02 Å². The van der Waals surface area contributed by atoms with Crippen molar-refractivity contribution in [2.45, 2.75) is 0 Å². The van der Waals surface area contributed by atoms with E-state index in [1.54, 1.807) is 35.7 Å². The van der Waals surface area contributed by atoms with Gasteiger partial charge in [0.15, 0.2) is 5.84 Å². The molecule has 1 amide bonds. The van der Waals surface area contributed by atoms with Gasteiger partial charge in [0.1, 0.15) is 17.2 Å². The van der Waals surface area contributed by atoms with E-state index in [0.717, 1.165) is 0 Å². The molecule has 8 heteroatoms. The molecule has 0 radical (unpaired) electrons. The van der Waals surface area contributed by atoms with E-state index < -0.39 is 0 Å². The fourth-order valence-corrected chi connectivity index (χ4v) is 2.53. The lowest BCUT2D eigenvalue weighted by Crippen LogP contribution is -2.20. The number of anilines is 1. The number of amidine groups is 1. The predicted octanol–water partition coefficient (Wildman–Crippen LogP) is 2.78. The molecule has 1 aromatic heterocycles. The number of carbonyl (C=O) groups excluding carboxylic acids is 1. The maximum atomic E-state index is 12.0. The van der Waals surface area contributed by atoms with Crippen LogP contribution in [0, 0.1) is 0 Å². The number of ether oxygens (including phenoxy) is 1. The summed E-state index contributed by atoms with van der Waals surface area (Å²) in [6.07, 6.45) is 0. The Morgan fingerprint density at radius 1 is 1.48 bits per heavy atom. The molecule has 2 rings (SSSR count). The summed E-state index contributed by atoms with van der Waals surface area (Å²) in [5.41, 5.74) is 5.87. The van der Waals surface area contributed by atoms with Crippen molar-refractivity contribution in [1.29, 1.82) is 0 Å². The smallest absolute Gasteiger partial charge is 0.267 e. The summed E-state index contributed by atoms with van der Waals surface area (Å²) in [6, 6.07) is 8.42. The Morgan fingerprint density at radius 3 is 2.95 bits per heavy atom. The van der Waals surface area contributed by atoms with Crippen LogP contribution in [0.25, 0.3) is 0 Å². The maximum Gasteiger partial charge on any atom is 0.267 e. The molecule has 4 N–H and O–H groups in total. The van der Waals surface area contributed by atoms with E-state index in [4.69, 9.17) is 27.3 Å². The highest BCUT2D eigenvalue weighted by atomic mass is 35.5. The van der Waals surface area contributed by atoms with Gasteiger partial charge in [-0.1, -0.05) is 22.8 Å². The Morgan fingerprint density at radius 2 is 2.29 bits per heavy atom.